The number of hydrogen-bond acceptors (Lipinski definition) is 4. The Kier molecular flexibility index (Phi) is 6.46. The summed E-state index contributed by atoms with van der Waals surface area (Å²) in [5, 5.41) is 0. The van der Waals surface area contributed by atoms with E-state index in [4.69, 9.17) is 4.74 Å². The second kappa shape index (κ2) is 8.84. The molecule has 0 spiro atoms. The lowest BCUT2D eigenvalue weighted by molar-refractivity contribution is -0.147. The number of nitrogens with zero attached hydrogens (tertiary/aromatic N) is 1. The zero-order valence-electron chi connectivity index (χ0n) is 15.8. The number of carbonyl (C=O) groups excluding carboxylic acids is 1. The Morgan fingerprint density at radius 2 is 1.64 bits per heavy atom. The molecule has 0 unspecified atom stereocenters. The van der Waals surface area contributed by atoms with Crippen molar-refractivity contribution in [1.29, 1.82) is 0 Å². The van der Waals surface area contributed by atoms with E-state index in [9.17, 15) is 17.6 Å². The number of piperidine rings is 1. The minimum Gasteiger partial charge on any atom is -0.458 e. The molecule has 1 fully saturated rings. The molecule has 0 bridgehead atoms. The van der Waals surface area contributed by atoms with Gasteiger partial charge >= 0.3 is 5.97 Å². The minimum atomic E-state index is -3.48. The first-order valence-corrected chi connectivity index (χ1v) is 10.8. The smallest absolute Gasteiger partial charge is 0.310 e. The second-order valence-electron chi connectivity index (χ2n) is 6.97. The molecule has 7 heteroatoms. The van der Waals surface area contributed by atoms with Crippen LogP contribution >= 0.6 is 0 Å². The molecule has 0 aliphatic carbocycles. The van der Waals surface area contributed by atoms with Gasteiger partial charge in [-0.05, 0) is 55.2 Å². The second-order valence-corrected chi connectivity index (χ2v) is 8.91. The van der Waals surface area contributed by atoms with Crippen LogP contribution in [0.1, 0.15) is 43.4 Å². The molecule has 1 aliphatic rings. The molecule has 150 valence electrons. The van der Waals surface area contributed by atoms with E-state index in [1.807, 2.05) is 0 Å². The number of rotatable bonds is 6. The van der Waals surface area contributed by atoms with Crippen molar-refractivity contribution < 1.29 is 22.3 Å². The molecule has 0 N–H and O–H groups in total. The Hall–Kier alpha value is -2.25. The molecular weight excluding hydrogens is 381 g/mol. The molecule has 1 saturated heterocycles. The van der Waals surface area contributed by atoms with Crippen LogP contribution < -0.4 is 0 Å². The largest absolute Gasteiger partial charge is 0.458 e. The van der Waals surface area contributed by atoms with E-state index in [-0.39, 0.29) is 17.1 Å². The Labute approximate surface area is 165 Å². The first-order chi connectivity index (χ1) is 13.4. The lowest BCUT2D eigenvalue weighted by Gasteiger charge is -2.25. The summed E-state index contributed by atoms with van der Waals surface area (Å²) in [5.74, 6) is -0.773. The van der Waals surface area contributed by atoms with E-state index in [0.29, 0.717) is 24.2 Å². The van der Waals surface area contributed by atoms with Gasteiger partial charge < -0.3 is 4.74 Å². The number of esters is 1. The fourth-order valence-electron chi connectivity index (χ4n) is 3.24. The predicted octanol–water partition coefficient (Wildman–Crippen LogP) is 3.85. The molecule has 3 rings (SSSR count). The van der Waals surface area contributed by atoms with Crippen molar-refractivity contribution in [2.75, 3.05) is 13.1 Å². The average Bonchev–Trinajstić information content (AvgIpc) is 2.69. The third-order valence-corrected chi connectivity index (χ3v) is 6.79. The molecule has 1 atom stereocenters. The van der Waals surface area contributed by atoms with Crippen molar-refractivity contribution in [1.82, 2.24) is 4.31 Å². The third kappa shape index (κ3) is 4.97. The van der Waals surface area contributed by atoms with E-state index in [1.165, 1.54) is 28.6 Å². The first-order valence-electron chi connectivity index (χ1n) is 9.40. The summed E-state index contributed by atoms with van der Waals surface area (Å²) in [4.78, 5) is 12.4. The summed E-state index contributed by atoms with van der Waals surface area (Å²) in [6.07, 6.45) is 2.37. The van der Waals surface area contributed by atoms with Crippen molar-refractivity contribution in [3.8, 4) is 0 Å². The van der Waals surface area contributed by atoms with Crippen LogP contribution in [-0.2, 0) is 26.0 Å². The molecule has 28 heavy (non-hydrogen) atoms. The first kappa shape index (κ1) is 20.5. The summed E-state index contributed by atoms with van der Waals surface area (Å²) in [5.41, 5.74) is 1.38. The molecule has 0 aromatic heterocycles. The van der Waals surface area contributed by atoms with Gasteiger partial charge in [0.1, 0.15) is 11.9 Å². The van der Waals surface area contributed by atoms with Gasteiger partial charge in [0.15, 0.2) is 0 Å². The summed E-state index contributed by atoms with van der Waals surface area (Å²) in [6, 6.07) is 12.1. The maximum absolute atomic E-state index is 13.0. The maximum atomic E-state index is 13.0. The van der Waals surface area contributed by atoms with Gasteiger partial charge in [0, 0.05) is 13.1 Å². The van der Waals surface area contributed by atoms with Gasteiger partial charge in [-0.25, -0.2) is 12.8 Å². The van der Waals surface area contributed by atoms with Gasteiger partial charge in [0.05, 0.1) is 11.3 Å². The Morgan fingerprint density at radius 1 is 1.04 bits per heavy atom. The van der Waals surface area contributed by atoms with Gasteiger partial charge in [0.2, 0.25) is 10.0 Å². The van der Waals surface area contributed by atoms with Gasteiger partial charge in [0.25, 0.3) is 0 Å². The molecule has 1 heterocycles. The van der Waals surface area contributed by atoms with Gasteiger partial charge in [-0.2, -0.15) is 4.31 Å². The van der Waals surface area contributed by atoms with Crippen molar-refractivity contribution in [3.63, 3.8) is 0 Å². The standard InChI is InChI=1S/C21H24FNO4S/c1-16(18-7-9-19(22)10-8-18)27-21(24)15-17-5-11-20(12-6-17)28(25,26)23-13-3-2-4-14-23/h5-12,16H,2-4,13-15H2,1H3/t16-/m1/s1. The Bertz CT molecular complexity index is 904. The predicted molar refractivity (Wildman–Crippen MR) is 104 cm³/mol. The van der Waals surface area contributed by atoms with E-state index < -0.39 is 22.1 Å². The van der Waals surface area contributed by atoms with Crippen LogP contribution in [0.5, 0.6) is 0 Å². The van der Waals surface area contributed by atoms with Crippen molar-refractivity contribution >= 4 is 16.0 Å². The van der Waals surface area contributed by atoms with E-state index in [0.717, 1.165) is 19.3 Å². The highest BCUT2D eigenvalue weighted by atomic mass is 32.2. The zero-order valence-corrected chi connectivity index (χ0v) is 16.6. The fourth-order valence-corrected chi connectivity index (χ4v) is 4.76. The van der Waals surface area contributed by atoms with Crippen LogP contribution in [-0.4, -0.2) is 31.8 Å². The van der Waals surface area contributed by atoms with Crippen molar-refractivity contribution in [2.45, 2.75) is 43.6 Å². The van der Waals surface area contributed by atoms with E-state index >= 15 is 0 Å². The van der Waals surface area contributed by atoms with Crippen LogP contribution in [0.25, 0.3) is 0 Å². The molecule has 0 radical (unpaired) electrons. The van der Waals surface area contributed by atoms with Crippen LogP contribution in [0.15, 0.2) is 53.4 Å². The highest BCUT2D eigenvalue weighted by Crippen LogP contribution is 2.22. The lowest BCUT2D eigenvalue weighted by atomic mass is 10.1. The molecule has 5 nitrogen and oxygen atoms in total. The van der Waals surface area contributed by atoms with E-state index in [1.54, 1.807) is 31.2 Å². The number of ether oxygens (including phenoxy) is 1. The monoisotopic (exact) mass is 405 g/mol. The van der Waals surface area contributed by atoms with E-state index in [2.05, 4.69) is 0 Å². The SMILES string of the molecule is C[C@@H](OC(=O)Cc1ccc(S(=O)(=O)N2CCCCC2)cc1)c1ccc(F)cc1. The van der Waals surface area contributed by atoms with Crippen LogP contribution in [0.2, 0.25) is 0 Å². The third-order valence-electron chi connectivity index (χ3n) is 4.87. The lowest BCUT2D eigenvalue weighted by Crippen LogP contribution is -2.35. The number of benzene rings is 2. The summed E-state index contributed by atoms with van der Waals surface area (Å²) < 4.78 is 45.2. The number of carbonyl (C=O) groups is 1. The quantitative estimate of drug-likeness (QED) is 0.685. The topological polar surface area (TPSA) is 63.7 Å². The van der Waals surface area contributed by atoms with Crippen molar-refractivity contribution in [2.24, 2.45) is 0 Å². The van der Waals surface area contributed by atoms with Gasteiger partial charge in [-0.15, -0.1) is 0 Å². The highest BCUT2D eigenvalue weighted by molar-refractivity contribution is 7.89. The van der Waals surface area contributed by atoms with Crippen LogP contribution in [0.3, 0.4) is 0 Å². The molecule has 0 saturated carbocycles. The molecular formula is C21H24FNO4S. The molecule has 1 aliphatic heterocycles. The molecule has 2 aromatic carbocycles. The van der Waals surface area contributed by atoms with Crippen LogP contribution in [0.4, 0.5) is 4.39 Å². The zero-order chi connectivity index (χ0) is 20.1. The van der Waals surface area contributed by atoms with Gasteiger partial charge in [-0.1, -0.05) is 30.7 Å². The Balaban J connectivity index is 1.60. The van der Waals surface area contributed by atoms with Crippen LogP contribution in [0, 0.1) is 5.82 Å². The number of hydrogen-bond donors (Lipinski definition) is 0. The Morgan fingerprint density at radius 3 is 2.25 bits per heavy atom. The summed E-state index contributed by atoms with van der Waals surface area (Å²) in [6.45, 7) is 2.83. The molecule has 0 amide bonds. The van der Waals surface area contributed by atoms with Crippen molar-refractivity contribution in [3.05, 3.63) is 65.5 Å². The normalized spacial score (nSPS) is 16.5. The summed E-state index contributed by atoms with van der Waals surface area (Å²) >= 11 is 0. The number of sulfonamides is 1. The maximum Gasteiger partial charge on any atom is 0.310 e. The fraction of sp³-hybridized carbons (Fsp3) is 0.381. The minimum absolute atomic E-state index is 0.0373. The highest BCUT2D eigenvalue weighted by Gasteiger charge is 2.25. The summed E-state index contributed by atoms with van der Waals surface area (Å²) in [7, 11) is -3.48. The van der Waals surface area contributed by atoms with Gasteiger partial charge in [-0.3, -0.25) is 4.79 Å². The molecule has 2 aromatic rings. The number of halogens is 1. The average molecular weight is 405 g/mol.